The Morgan fingerprint density at radius 3 is 2.50 bits per heavy atom. The molecule has 1 saturated heterocycles. The topological polar surface area (TPSA) is 32.3 Å². The number of carbonyl (C=O) groups excluding carboxylic acids is 1. The molecule has 0 saturated carbocycles. The van der Waals surface area contributed by atoms with Crippen LogP contribution in [-0.2, 0) is 5.41 Å². The van der Waals surface area contributed by atoms with E-state index in [4.69, 9.17) is 11.6 Å². The number of carbonyl (C=O) groups is 1. The van der Waals surface area contributed by atoms with Crippen LogP contribution in [0.15, 0.2) is 54.6 Å². The zero-order valence-electron chi connectivity index (χ0n) is 14.1. The molecule has 0 aliphatic carbocycles. The van der Waals surface area contributed by atoms with Crippen LogP contribution < -0.4 is 5.32 Å². The van der Waals surface area contributed by atoms with Gasteiger partial charge in [0, 0.05) is 28.7 Å². The highest BCUT2D eigenvalue weighted by molar-refractivity contribution is 6.30. The monoisotopic (exact) mass is 342 g/mol. The van der Waals surface area contributed by atoms with Crippen molar-refractivity contribution in [1.82, 2.24) is 4.90 Å². The molecular formula is C20H23ClN2O. The molecule has 1 aliphatic rings. The zero-order valence-corrected chi connectivity index (χ0v) is 14.9. The molecule has 2 amide bonds. The van der Waals surface area contributed by atoms with Crippen molar-refractivity contribution < 1.29 is 4.79 Å². The van der Waals surface area contributed by atoms with Gasteiger partial charge in [0.2, 0.25) is 0 Å². The van der Waals surface area contributed by atoms with Crippen molar-refractivity contribution in [2.75, 3.05) is 11.9 Å². The molecule has 1 heterocycles. The highest BCUT2D eigenvalue weighted by Gasteiger charge is 2.41. The van der Waals surface area contributed by atoms with E-state index in [1.54, 1.807) is 12.1 Å². The molecular weight excluding hydrogens is 320 g/mol. The Bertz CT molecular complexity index is 701. The van der Waals surface area contributed by atoms with Crippen molar-refractivity contribution >= 4 is 23.3 Å². The fourth-order valence-electron chi connectivity index (χ4n) is 3.57. The van der Waals surface area contributed by atoms with Crippen molar-refractivity contribution in [3.63, 3.8) is 0 Å². The summed E-state index contributed by atoms with van der Waals surface area (Å²) in [5.41, 5.74) is 2.03. The number of piperidine rings is 1. The predicted octanol–water partition coefficient (Wildman–Crippen LogP) is 5.31. The van der Waals surface area contributed by atoms with Gasteiger partial charge in [-0.3, -0.25) is 0 Å². The van der Waals surface area contributed by atoms with Crippen molar-refractivity contribution in [2.45, 2.75) is 38.1 Å². The fourth-order valence-corrected chi connectivity index (χ4v) is 3.70. The molecule has 3 rings (SSSR count). The summed E-state index contributed by atoms with van der Waals surface area (Å²) in [4.78, 5) is 14.7. The number of anilines is 1. The number of amides is 2. The maximum atomic E-state index is 12.8. The summed E-state index contributed by atoms with van der Waals surface area (Å²) in [6, 6.07) is 17.8. The van der Waals surface area contributed by atoms with Crippen LogP contribution in [0.25, 0.3) is 0 Å². The predicted molar refractivity (Wildman–Crippen MR) is 99.7 cm³/mol. The summed E-state index contributed by atoms with van der Waals surface area (Å²) >= 11 is 5.90. The van der Waals surface area contributed by atoms with Gasteiger partial charge in [0.1, 0.15) is 0 Å². The number of likely N-dealkylation sites (tertiary alicyclic amines) is 1. The lowest BCUT2D eigenvalue weighted by molar-refractivity contribution is 0.116. The van der Waals surface area contributed by atoms with Crippen molar-refractivity contribution in [3.05, 3.63) is 65.2 Å². The molecule has 3 nitrogen and oxygen atoms in total. The highest BCUT2D eigenvalue weighted by Crippen LogP contribution is 2.38. The van der Waals surface area contributed by atoms with Gasteiger partial charge in [0.05, 0.1) is 0 Å². The lowest BCUT2D eigenvalue weighted by atomic mass is 9.70. The Morgan fingerprint density at radius 1 is 1.17 bits per heavy atom. The molecule has 0 spiro atoms. The average molecular weight is 343 g/mol. The van der Waals surface area contributed by atoms with E-state index in [-0.39, 0.29) is 17.5 Å². The van der Waals surface area contributed by atoms with Gasteiger partial charge in [-0.15, -0.1) is 0 Å². The van der Waals surface area contributed by atoms with E-state index in [1.165, 1.54) is 5.56 Å². The molecule has 24 heavy (non-hydrogen) atoms. The van der Waals surface area contributed by atoms with Gasteiger partial charge in [-0.05, 0) is 49.6 Å². The quantitative estimate of drug-likeness (QED) is 0.787. The second-order valence-electron chi connectivity index (χ2n) is 6.69. The summed E-state index contributed by atoms with van der Waals surface area (Å²) in [7, 11) is 0. The molecule has 1 aliphatic heterocycles. The second-order valence-corrected chi connectivity index (χ2v) is 7.13. The van der Waals surface area contributed by atoms with Crippen LogP contribution in [0, 0.1) is 0 Å². The second kappa shape index (κ2) is 6.86. The van der Waals surface area contributed by atoms with Crippen LogP contribution in [0.3, 0.4) is 0 Å². The minimum Gasteiger partial charge on any atom is -0.321 e. The van der Waals surface area contributed by atoms with Crippen LogP contribution in [0.1, 0.15) is 32.3 Å². The van der Waals surface area contributed by atoms with Crippen molar-refractivity contribution in [2.24, 2.45) is 0 Å². The molecule has 2 atom stereocenters. The van der Waals surface area contributed by atoms with Gasteiger partial charge < -0.3 is 10.2 Å². The summed E-state index contributed by atoms with van der Waals surface area (Å²) in [6.07, 6.45) is 2.09. The van der Waals surface area contributed by atoms with Crippen LogP contribution in [0.5, 0.6) is 0 Å². The minimum atomic E-state index is -0.0494. The van der Waals surface area contributed by atoms with Crippen LogP contribution in [-0.4, -0.2) is 23.5 Å². The number of rotatable bonds is 2. The molecule has 0 bridgehead atoms. The number of nitrogens with zero attached hydrogens (tertiary/aromatic N) is 1. The summed E-state index contributed by atoms with van der Waals surface area (Å²) in [6.45, 7) is 5.19. The fraction of sp³-hybridized carbons (Fsp3) is 0.350. The van der Waals surface area contributed by atoms with Gasteiger partial charge in [-0.2, -0.15) is 0 Å². The Labute approximate surface area is 148 Å². The van der Waals surface area contributed by atoms with E-state index in [0.29, 0.717) is 5.02 Å². The van der Waals surface area contributed by atoms with Gasteiger partial charge in [0.25, 0.3) is 0 Å². The van der Waals surface area contributed by atoms with Gasteiger partial charge in [-0.1, -0.05) is 48.9 Å². The molecule has 126 valence electrons. The van der Waals surface area contributed by atoms with Gasteiger partial charge in [0.15, 0.2) is 0 Å². The molecule has 2 aromatic rings. The van der Waals surface area contributed by atoms with Crippen LogP contribution in [0.2, 0.25) is 5.02 Å². The average Bonchev–Trinajstić information content (AvgIpc) is 2.60. The third kappa shape index (κ3) is 3.27. The van der Waals surface area contributed by atoms with Gasteiger partial charge >= 0.3 is 6.03 Å². The number of hydrogen-bond acceptors (Lipinski definition) is 1. The smallest absolute Gasteiger partial charge is 0.321 e. The molecule has 0 aromatic heterocycles. The number of hydrogen-bond donors (Lipinski definition) is 1. The third-order valence-electron chi connectivity index (χ3n) is 5.27. The van der Waals surface area contributed by atoms with E-state index in [9.17, 15) is 4.79 Å². The Kier molecular flexibility index (Phi) is 4.81. The molecule has 2 unspecified atom stereocenters. The first kappa shape index (κ1) is 16.8. The lowest BCUT2D eigenvalue weighted by Crippen LogP contribution is -2.55. The first-order valence-corrected chi connectivity index (χ1v) is 8.77. The van der Waals surface area contributed by atoms with Crippen molar-refractivity contribution in [3.8, 4) is 0 Å². The van der Waals surface area contributed by atoms with Crippen molar-refractivity contribution in [1.29, 1.82) is 0 Å². The van der Waals surface area contributed by atoms with E-state index in [2.05, 4.69) is 43.4 Å². The van der Waals surface area contributed by atoms with Gasteiger partial charge in [-0.25, -0.2) is 4.79 Å². The van der Waals surface area contributed by atoms with Crippen LogP contribution >= 0.6 is 11.6 Å². The number of halogens is 1. The maximum absolute atomic E-state index is 12.8. The third-order valence-corrected chi connectivity index (χ3v) is 5.53. The highest BCUT2D eigenvalue weighted by atomic mass is 35.5. The van der Waals surface area contributed by atoms with Crippen LogP contribution in [0.4, 0.5) is 10.5 Å². The summed E-state index contributed by atoms with van der Waals surface area (Å²) in [5.74, 6) is 0. The number of nitrogens with one attached hydrogen (secondary N) is 1. The van der Waals surface area contributed by atoms with E-state index >= 15 is 0 Å². The molecule has 1 N–H and O–H groups in total. The Hall–Kier alpha value is -2.00. The molecule has 0 radical (unpaired) electrons. The lowest BCUT2D eigenvalue weighted by Gasteiger charge is -2.47. The first-order chi connectivity index (χ1) is 11.5. The summed E-state index contributed by atoms with van der Waals surface area (Å²) < 4.78 is 0. The molecule has 2 aromatic carbocycles. The SMILES string of the molecule is CC1N(C(=O)Nc2ccc(Cl)cc2)CCCC1(C)c1ccccc1. The molecule has 4 heteroatoms. The van der Waals surface area contributed by atoms with E-state index in [1.807, 2.05) is 23.1 Å². The maximum Gasteiger partial charge on any atom is 0.322 e. The van der Waals surface area contributed by atoms with E-state index < -0.39 is 0 Å². The Morgan fingerprint density at radius 2 is 1.83 bits per heavy atom. The Balaban J connectivity index is 1.78. The standard InChI is InChI=1S/C20H23ClN2O/c1-15-20(2,16-7-4-3-5-8-16)13-6-14-23(15)19(24)22-18-11-9-17(21)10-12-18/h3-5,7-12,15H,6,13-14H2,1-2H3,(H,22,24). The number of benzene rings is 2. The summed E-state index contributed by atoms with van der Waals surface area (Å²) in [5, 5.41) is 3.65. The zero-order chi connectivity index (χ0) is 17.2. The first-order valence-electron chi connectivity index (χ1n) is 8.39. The minimum absolute atomic E-state index is 0.0309. The van der Waals surface area contributed by atoms with E-state index in [0.717, 1.165) is 25.1 Å². The largest absolute Gasteiger partial charge is 0.322 e. The molecule has 1 fully saturated rings. The number of urea groups is 1. The normalized spacial score (nSPS) is 23.8.